The number of carbonyl (C=O) groups is 1. The Labute approximate surface area is 114 Å². The van der Waals surface area contributed by atoms with Gasteiger partial charge in [-0.3, -0.25) is 4.79 Å². The van der Waals surface area contributed by atoms with Crippen LogP contribution in [0.2, 0.25) is 5.02 Å². The summed E-state index contributed by atoms with van der Waals surface area (Å²) in [5.41, 5.74) is -1.15. The smallest absolute Gasteiger partial charge is 0.416 e. The van der Waals surface area contributed by atoms with Crippen LogP contribution in [0.25, 0.3) is 0 Å². The average Bonchev–Trinajstić information content (AvgIpc) is 2.16. The normalized spacial score (nSPS) is 12.4. The minimum absolute atomic E-state index is 0.0658. The molecule has 0 aliphatic rings. The molecule has 19 heavy (non-hydrogen) atoms. The van der Waals surface area contributed by atoms with E-state index in [9.17, 15) is 18.0 Å². The Balaban J connectivity index is 2.84. The van der Waals surface area contributed by atoms with E-state index >= 15 is 0 Å². The molecule has 0 saturated heterocycles. The fourth-order valence-corrected chi connectivity index (χ4v) is 1.57. The van der Waals surface area contributed by atoms with Gasteiger partial charge in [0.2, 0.25) is 0 Å². The molecule has 6 heteroatoms. The number of alkyl halides is 3. The summed E-state index contributed by atoms with van der Waals surface area (Å²) in [4.78, 5) is 11.6. The zero-order chi connectivity index (χ0) is 14.8. The van der Waals surface area contributed by atoms with Gasteiger partial charge in [-0.15, -0.1) is 0 Å². The Morgan fingerprint density at radius 2 is 1.84 bits per heavy atom. The standard InChI is InChI=1S/C13H14ClF3O2/c1-12(2,3)7-11(18)19-10-5-4-8(6-9(10)14)13(15,16)17/h4-6H,7H2,1-3H3. The highest BCUT2D eigenvalue weighted by molar-refractivity contribution is 6.32. The monoisotopic (exact) mass is 294 g/mol. The van der Waals surface area contributed by atoms with Crippen LogP contribution in [-0.4, -0.2) is 5.97 Å². The lowest BCUT2D eigenvalue weighted by molar-refractivity contribution is -0.137. The summed E-state index contributed by atoms with van der Waals surface area (Å²) < 4.78 is 42.2. The van der Waals surface area contributed by atoms with Crippen LogP contribution in [-0.2, 0) is 11.0 Å². The molecule has 0 fully saturated rings. The van der Waals surface area contributed by atoms with Crippen molar-refractivity contribution in [3.8, 4) is 5.75 Å². The molecule has 1 aromatic rings. The van der Waals surface area contributed by atoms with Crippen molar-refractivity contribution in [2.45, 2.75) is 33.4 Å². The van der Waals surface area contributed by atoms with Crippen LogP contribution in [0, 0.1) is 5.41 Å². The molecule has 0 heterocycles. The van der Waals surface area contributed by atoms with Crippen LogP contribution in [0.1, 0.15) is 32.8 Å². The topological polar surface area (TPSA) is 26.3 Å². The highest BCUT2D eigenvalue weighted by Gasteiger charge is 2.31. The van der Waals surface area contributed by atoms with E-state index in [1.165, 1.54) is 0 Å². The van der Waals surface area contributed by atoms with Gasteiger partial charge in [-0.2, -0.15) is 13.2 Å². The number of rotatable bonds is 2. The Kier molecular flexibility index (Phi) is 4.50. The van der Waals surface area contributed by atoms with Gasteiger partial charge in [-0.1, -0.05) is 32.4 Å². The van der Waals surface area contributed by atoms with Crippen molar-refractivity contribution in [2.24, 2.45) is 5.41 Å². The largest absolute Gasteiger partial charge is 0.425 e. The number of hydrogen-bond donors (Lipinski definition) is 0. The first kappa shape index (κ1) is 15.8. The van der Waals surface area contributed by atoms with Crippen molar-refractivity contribution in [1.82, 2.24) is 0 Å². The lowest BCUT2D eigenvalue weighted by Crippen LogP contribution is -2.17. The average molecular weight is 295 g/mol. The van der Waals surface area contributed by atoms with Crippen molar-refractivity contribution in [1.29, 1.82) is 0 Å². The van der Waals surface area contributed by atoms with Crippen LogP contribution in [0.3, 0.4) is 0 Å². The summed E-state index contributed by atoms with van der Waals surface area (Å²) in [6.07, 6.45) is -4.33. The Bertz CT molecular complexity index is 476. The van der Waals surface area contributed by atoms with E-state index in [1.807, 2.05) is 20.8 Å². The van der Waals surface area contributed by atoms with E-state index in [1.54, 1.807) is 0 Å². The molecule has 0 aliphatic heterocycles. The molecule has 0 saturated carbocycles. The molecule has 0 aromatic heterocycles. The molecule has 1 aromatic carbocycles. The van der Waals surface area contributed by atoms with Crippen molar-refractivity contribution >= 4 is 17.6 Å². The predicted molar refractivity (Wildman–Crippen MR) is 66.2 cm³/mol. The van der Waals surface area contributed by atoms with Gasteiger partial charge in [-0.25, -0.2) is 0 Å². The van der Waals surface area contributed by atoms with Gasteiger partial charge in [0.15, 0.2) is 0 Å². The highest BCUT2D eigenvalue weighted by Crippen LogP contribution is 2.35. The Morgan fingerprint density at radius 3 is 2.26 bits per heavy atom. The van der Waals surface area contributed by atoms with Crippen molar-refractivity contribution in [3.05, 3.63) is 28.8 Å². The Hall–Kier alpha value is -1.23. The number of esters is 1. The molecule has 2 nitrogen and oxygen atoms in total. The summed E-state index contributed by atoms with van der Waals surface area (Å²) in [6.45, 7) is 5.55. The van der Waals surface area contributed by atoms with Gasteiger partial charge in [0.05, 0.1) is 17.0 Å². The second-order valence-electron chi connectivity index (χ2n) is 5.35. The van der Waals surface area contributed by atoms with Crippen molar-refractivity contribution in [2.75, 3.05) is 0 Å². The van der Waals surface area contributed by atoms with Crippen LogP contribution in [0.5, 0.6) is 5.75 Å². The van der Waals surface area contributed by atoms with E-state index in [0.717, 1.165) is 18.2 Å². The van der Waals surface area contributed by atoms with Crippen molar-refractivity contribution in [3.63, 3.8) is 0 Å². The number of benzene rings is 1. The number of ether oxygens (including phenoxy) is 1. The van der Waals surface area contributed by atoms with Crippen molar-refractivity contribution < 1.29 is 22.7 Å². The molecule has 0 unspecified atom stereocenters. The predicted octanol–water partition coefficient (Wildman–Crippen LogP) is 4.70. The van der Waals surface area contributed by atoms with Gasteiger partial charge in [0, 0.05) is 0 Å². The fourth-order valence-electron chi connectivity index (χ4n) is 1.35. The molecule has 0 spiro atoms. The minimum Gasteiger partial charge on any atom is -0.425 e. The maximum Gasteiger partial charge on any atom is 0.416 e. The van der Waals surface area contributed by atoms with E-state index < -0.39 is 17.7 Å². The third-order valence-corrected chi connectivity index (χ3v) is 2.45. The number of halogens is 4. The zero-order valence-corrected chi connectivity index (χ0v) is 11.5. The van der Waals surface area contributed by atoms with E-state index in [-0.39, 0.29) is 22.6 Å². The van der Waals surface area contributed by atoms with E-state index in [2.05, 4.69) is 0 Å². The van der Waals surface area contributed by atoms with Crippen LogP contribution in [0.4, 0.5) is 13.2 Å². The van der Waals surface area contributed by atoms with Gasteiger partial charge in [0.25, 0.3) is 0 Å². The summed E-state index contributed by atoms with van der Waals surface area (Å²) in [5.74, 6) is -0.599. The third kappa shape index (κ3) is 5.11. The zero-order valence-electron chi connectivity index (χ0n) is 10.8. The fraction of sp³-hybridized carbons (Fsp3) is 0.462. The molecule has 0 atom stereocenters. The summed E-state index contributed by atoms with van der Waals surface area (Å²) in [7, 11) is 0. The van der Waals surface area contributed by atoms with Gasteiger partial charge < -0.3 is 4.74 Å². The summed E-state index contributed by atoms with van der Waals surface area (Å²) >= 11 is 5.67. The van der Waals surface area contributed by atoms with Crippen LogP contribution in [0.15, 0.2) is 18.2 Å². The first-order valence-corrected chi connectivity index (χ1v) is 5.94. The summed E-state index contributed by atoms with van der Waals surface area (Å²) in [5, 5.41) is -0.239. The Morgan fingerprint density at radius 1 is 1.26 bits per heavy atom. The minimum atomic E-state index is -4.47. The number of carbonyl (C=O) groups excluding carboxylic acids is 1. The second kappa shape index (κ2) is 5.41. The number of hydrogen-bond acceptors (Lipinski definition) is 2. The molecule has 0 N–H and O–H groups in total. The molecular weight excluding hydrogens is 281 g/mol. The third-order valence-electron chi connectivity index (χ3n) is 2.16. The maximum absolute atomic E-state index is 12.4. The lowest BCUT2D eigenvalue weighted by atomic mass is 9.92. The lowest BCUT2D eigenvalue weighted by Gasteiger charge is -2.17. The van der Waals surface area contributed by atoms with Crippen LogP contribution >= 0.6 is 11.6 Å². The second-order valence-corrected chi connectivity index (χ2v) is 5.76. The quantitative estimate of drug-likeness (QED) is 0.584. The van der Waals surface area contributed by atoms with E-state index in [0.29, 0.717) is 0 Å². The molecule has 106 valence electrons. The molecule has 0 bridgehead atoms. The maximum atomic E-state index is 12.4. The molecule has 0 radical (unpaired) electrons. The first-order valence-electron chi connectivity index (χ1n) is 5.56. The molecular formula is C13H14ClF3O2. The molecule has 0 amide bonds. The first-order chi connectivity index (χ1) is 8.49. The highest BCUT2D eigenvalue weighted by atomic mass is 35.5. The summed E-state index contributed by atoms with van der Waals surface area (Å²) in [6, 6.07) is 2.61. The molecule has 0 aliphatic carbocycles. The van der Waals surface area contributed by atoms with Crippen LogP contribution < -0.4 is 4.74 Å². The van der Waals surface area contributed by atoms with E-state index in [4.69, 9.17) is 16.3 Å². The van der Waals surface area contributed by atoms with Gasteiger partial charge >= 0.3 is 12.1 Å². The van der Waals surface area contributed by atoms with Gasteiger partial charge in [0.1, 0.15) is 5.75 Å². The SMILES string of the molecule is CC(C)(C)CC(=O)Oc1ccc(C(F)(F)F)cc1Cl. The molecule has 1 rings (SSSR count). The van der Waals surface area contributed by atoms with Gasteiger partial charge in [-0.05, 0) is 23.6 Å².